The van der Waals surface area contributed by atoms with Gasteiger partial charge in [-0.3, -0.25) is 0 Å². The van der Waals surface area contributed by atoms with Crippen LogP contribution < -0.4 is 0 Å². The average molecular weight is 230 g/mol. The van der Waals surface area contributed by atoms with E-state index in [4.69, 9.17) is 9.52 Å². The third kappa shape index (κ3) is 2.75. The molecule has 0 aliphatic heterocycles. The van der Waals surface area contributed by atoms with Crippen LogP contribution in [0.15, 0.2) is 41.0 Å². The van der Waals surface area contributed by atoms with E-state index in [1.54, 1.807) is 12.3 Å². The molecule has 3 heteroatoms. The fourth-order valence-electron chi connectivity index (χ4n) is 1.85. The van der Waals surface area contributed by atoms with E-state index in [0.29, 0.717) is 12.0 Å². The van der Waals surface area contributed by atoms with Crippen LogP contribution in [0.25, 0.3) is 0 Å². The molecule has 1 heterocycles. The molecule has 0 saturated carbocycles. The van der Waals surface area contributed by atoms with Gasteiger partial charge in [0.1, 0.15) is 5.76 Å². The second kappa shape index (κ2) is 4.87. The lowest BCUT2D eigenvalue weighted by Gasteiger charge is -2.06. The zero-order valence-electron chi connectivity index (χ0n) is 9.64. The average Bonchev–Trinajstić information content (AvgIpc) is 2.78. The predicted octanol–water partition coefficient (Wildman–Crippen LogP) is 3.07. The number of carboxylic acids is 1. The molecule has 0 fully saturated rings. The molecule has 0 amide bonds. The zero-order valence-corrected chi connectivity index (χ0v) is 9.64. The minimum atomic E-state index is -0.876. The van der Waals surface area contributed by atoms with Gasteiger partial charge in [-0.2, -0.15) is 0 Å². The minimum absolute atomic E-state index is 0.377. The van der Waals surface area contributed by atoms with Crippen LogP contribution in [0, 0.1) is 6.92 Å². The van der Waals surface area contributed by atoms with Crippen molar-refractivity contribution in [1.82, 2.24) is 0 Å². The van der Waals surface area contributed by atoms with Crippen LogP contribution >= 0.6 is 0 Å². The maximum Gasteiger partial charge on any atom is 0.335 e. The van der Waals surface area contributed by atoms with Crippen molar-refractivity contribution in [2.75, 3.05) is 0 Å². The van der Waals surface area contributed by atoms with E-state index in [0.717, 1.165) is 23.3 Å². The van der Waals surface area contributed by atoms with Gasteiger partial charge in [0.25, 0.3) is 0 Å². The number of hydrogen-bond donors (Lipinski definition) is 1. The lowest BCUT2D eigenvalue weighted by Crippen LogP contribution is -2.04. The number of carbonyl (C=O) groups is 1. The zero-order chi connectivity index (χ0) is 12.3. The molecule has 88 valence electrons. The van der Waals surface area contributed by atoms with Crippen LogP contribution in [0.3, 0.4) is 0 Å². The Hall–Kier alpha value is -2.03. The van der Waals surface area contributed by atoms with Crippen molar-refractivity contribution in [3.8, 4) is 0 Å². The number of carboxylic acid groups (broad SMARTS) is 1. The van der Waals surface area contributed by atoms with Gasteiger partial charge in [0.05, 0.1) is 11.8 Å². The summed E-state index contributed by atoms with van der Waals surface area (Å²) < 4.78 is 5.24. The Morgan fingerprint density at radius 2 is 2.12 bits per heavy atom. The summed E-state index contributed by atoms with van der Waals surface area (Å²) in [6, 6.07) is 9.14. The van der Waals surface area contributed by atoms with E-state index in [2.05, 4.69) is 0 Å². The highest BCUT2D eigenvalue weighted by atomic mass is 16.4. The predicted molar refractivity (Wildman–Crippen MR) is 64.3 cm³/mol. The summed E-state index contributed by atoms with van der Waals surface area (Å²) in [5, 5.41) is 9.09. The Morgan fingerprint density at radius 1 is 1.29 bits per heavy atom. The molecule has 2 aromatic rings. The summed E-state index contributed by atoms with van der Waals surface area (Å²) in [4.78, 5) is 11.1. The molecule has 0 saturated heterocycles. The third-order valence-electron chi connectivity index (χ3n) is 2.71. The first-order valence-corrected chi connectivity index (χ1v) is 5.52. The van der Waals surface area contributed by atoms with Crippen molar-refractivity contribution < 1.29 is 14.3 Å². The summed E-state index contributed by atoms with van der Waals surface area (Å²) in [5.74, 6) is 0.00212. The lowest BCUT2D eigenvalue weighted by molar-refractivity contribution is 0.0695. The molecule has 0 aliphatic carbocycles. The first kappa shape index (κ1) is 11.5. The number of hydrogen-bond acceptors (Lipinski definition) is 2. The van der Waals surface area contributed by atoms with E-state index in [1.165, 1.54) is 0 Å². The summed E-state index contributed by atoms with van der Waals surface area (Å²) in [5.41, 5.74) is 2.31. The van der Waals surface area contributed by atoms with E-state index >= 15 is 0 Å². The van der Waals surface area contributed by atoms with Gasteiger partial charge in [-0.15, -0.1) is 0 Å². The maximum absolute atomic E-state index is 11.1. The molecule has 2 rings (SSSR count). The maximum atomic E-state index is 11.1. The van der Waals surface area contributed by atoms with Crippen LogP contribution in [-0.4, -0.2) is 11.1 Å². The Bertz CT molecular complexity index is 512. The summed E-state index contributed by atoms with van der Waals surface area (Å²) in [6.45, 7) is 1.96. The quantitative estimate of drug-likeness (QED) is 0.878. The largest absolute Gasteiger partial charge is 0.478 e. The summed E-state index contributed by atoms with van der Waals surface area (Å²) >= 11 is 0. The second-order valence-electron chi connectivity index (χ2n) is 4.05. The number of aryl methyl sites for hydroxylation is 3. The number of furan rings is 1. The Kier molecular flexibility index (Phi) is 3.28. The third-order valence-corrected chi connectivity index (χ3v) is 2.71. The molecule has 0 bridgehead atoms. The first-order chi connectivity index (χ1) is 8.16. The van der Waals surface area contributed by atoms with Crippen molar-refractivity contribution in [2.45, 2.75) is 19.8 Å². The van der Waals surface area contributed by atoms with Crippen molar-refractivity contribution in [1.29, 1.82) is 0 Å². The van der Waals surface area contributed by atoms with Crippen molar-refractivity contribution in [3.05, 3.63) is 59.0 Å². The minimum Gasteiger partial charge on any atom is -0.478 e. The summed E-state index contributed by atoms with van der Waals surface area (Å²) in [7, 11) is 0. The molecule has 0 radical (unpaired) electrons. The standard InChI is InChI=1S/C14H14O3/c1-10-4-7-13(14(15)16)11(9-10)5-6-12-3-2-8-17-12/h2-4,7-9H,5-6H2,1H3,(H,15,16). The van der Waals surface area contributed by atoms with Gasteiger partial charge in [-0.25, -0.2) is 4.79 Å². The van der Waals surface area contributed by atoms with Crippen LogP contribution in [0.1, 0.15) is 27.2 Å². The summed E-state index contributed by atoms with van der Waals surface area (Å²) in [6.07, 6.45) is 3.03. The van der Waals surface area contributed by atoms with Gasteiger partial charge < -0.3 is 9.52 Å². The van der Waals surface area contributed by atoms with Gasteiger partial charge in [-0.05, 0) is 37.1 Å². The molecule has 0 spiro atoms. The Morgan fingerprint density at radius 3 is 2.76 bits per heavy atom. The van der Waals surface area contributed by atoms with Gasteiger partial charge in [-0.1, -0.05) is 17.7 Å². The number of rotatable bonds is 4. The van der Waals surface area contributed by atoms with Gasteiger partial charge in [0, 0.05) is 6.42 Å². The van der Waals surface area contributed by atoms with Gasteiger partial charge >= 0.3 is 5.97 Å². The first-order valence-electron chi connectivity index (χ1n) is 5.52. The highest BCUT2D eigenvalue weighted by molar-refractivity contribution is 5.89. The van der Waals surface area contributed by atoms with Crippen LogP contribution in [-0.2, 0) is 12.8 Å². The molecule has 1 N–H and O–H groups in total. The number of aromatic carboxylic acids is 1. The molecule has 3 nitrogen and oxygen atoms in total. The molecule has 17 heavy (non-hydrogen) atoms. The molecule has 0 aliphatic rings. The van der Waals surface area contributed by atoms with E-state index in [9.17, 15) is 4.79 Å². The molecule has 1 aromatic heterocycles. The topological polar surface area (TPSA) is 50.4 Å². The van der Waals surface area contributed by atoms with E-state index < -0.39 is 5.97 Å². The second-order valence-corrected chi connectivity index (χ2v) is 4.05. The molecule has 0 atom stereocenters. The SMILES string of the molecule is Cc1ccc(C(=O)O)c(CCc2ccco2)c1. The monoisotopic (exact) mass is 230 g/mol. The normalized spacial score (nSPS) is 10.4. The Balaban J connectivity index is 2.19. The molecule has 1 aromatic carbocycles. The van der Waals surface area contributed by atoms with Gasteiger partial charge in [0.2, 0.25) is 0 Å². The fourth-order valence-corrected chi connectivity index (χ4v) is 1.85. The van der Waals surface area contributed by atoms with E-state index in [1.807, 2.05) is 31.2 Å². The van der Waals surface area contributed by atoms with Crippen molar-refractivity contribution in [2.24, 2.45) is 0 Å². The highest BCUT2D eigenvalue weighted by Gasteiger charge is 2.10. The lowest BCUT2D eigenvalue weighted by atomic mass is 10.00. The van der Waals surface area contributed by atoms with Crippen LogP contribution in [0.5, 0.6) is 0 Å². The number of benzene rings is 1. The Labute approximate surface area is 99.7 Å². The van der Waals surface area contributed by atoms with Crippen molar-refractivity contribution in [3.63, 3.8) is 0 Å². The van der Waals surface area contributed by atoms with E-state index in [-0.39, 0.29) is 0 Å². The van der Waals surface area contributed by atoms with Crippen LogP contribution in [0.4, 0.5) is 0 Å². The molecular formula is C14H14O3. The fraction of sp³-hybridized carbons (Fsp3) is 0.214. The molecule has 0 unspecified atom stereocenters. The van der Waals surface area contributed by atoms with Gasteiger partial charge in [0.15, 0.2) is 0 Å². The molecular weight excluding hydrogens is 216 g/mol. The smallest absolute Gasteiger partial charge is 0.335 e. The van der Waals surface area contributed by atoms with Crippen LogP contribution in [0.2, 0.25) is 0 Å². The highest BCUT2D eigenvalue weighted by Crippen LogP contribution is 2.15. The van der Waals surface area contributed by atoms with Crippen molar-refractivity contribution >= 4 is 5.97 Å².